The minimum absolute atomic E-state index is 0.212. The number of benzene rings is 2. The van der Waals surface area contributed by atoms with Crippen molar-refractivity contribution in [2.24, 2.45) is 0 Å². The molecule has 0 fully saturated rings. The van der Waals surface area contributed by atoms with Crippen LogP contribution in [-0.2, 0) is 16.6 Å². The monoisotopic (exact) mass is 354 g/mol. The maximum absolute atomic E-state index is 12.7. The molecule has 0 aliphatic carbocycles. The lowest BCUT2D eigenvalue weighted by Gasteiger charge is -2.14. The van der Waals surface area contributed by atoms with Crippen molar-refractivity contribution in [1.29, 1.82) is 0 Å². The first-order chi connectivity index (χ1) is 12.1. The third-order valence-corrected chi connectivity index (χ3v) is 5.02. The Hall–Kier alpha value is -2.77. The van der Waals surface area contributed by atoms with Crippen LogP contribution < -0.4 is 10.0 Å². The van der Waals surface area contributed by atoms with Gasteiger partial charge in [-0.25, -0.2) is 18.4 Å². The molecule has 3 rings (SSSR count). The van der Waals surface area contributed by atoms with Gasteiger partial charge in [0.1, 0.15) is 6.33 Å². The van der Waals surface area contributed by atoms with E-state index in [1.54, 1.807) is 42.7 Å². The molecule has 25 heavy (non-hydrogen) atoms. The van der Waals surface area contributed by atoms with Gasteiger partial charge in [-0.2, -0.15) is 0 Å². The van der Waals surface area contributed by atoms with Crippen LogP contribution in [-0.4, -0.2) is 25.4 Å². The van der Waals surface area contributed by atoms with Gasteiger partial charge in [0.2, 0.25) is 0 Å². The number of rotatable bonds is 6. The molecule has 0 radical (unpaired) electrons. The molecule has 1 heterocycles. The second-order valence-corrected chi connectivity index (χ2v) is 7.14. The fraction of sp³-hybridized carbons (Fsp3) is 0.111. The maximum atomic E-state index is 12.7. The topological polar surface area (TPSA) is 84.0 Å². The Kier molecular flexibility index (Phi) is 5.06. The fourth-order valence-corrected chi connectivity index (χ4v) is 3.57. The molecule has 0 saturated heterocycles. The van der Waals surface area contributed by atoms with Crippen LogP contribution in [0.3, 0.4) is 0 Å². The third-order valence-electron chi connectivity index (χ3n) is 3.63. The molecule has 0 aliphatic rings. The van der Waals surface area contributed by atoms with Gasteiger partial charge in [-0.3, -0.25) is 4.72 Å². The molecule has 3 aromatic rings. The summed E-state index contributed by atoms with van der Waals surface area (Å²) in [7, 11) is -1.85. The van der Waals surface area contributed by atoms with E-state index in [0.717, 1.165) is 16.7 Å². The Morgan fingerprint density at radius 2 is 1.72 bits per heavy atom. The highest BCUT2D eigenvalue weighted by Gasteiger charge is 2.17. The summed E-state index contributed by atoms with van der Waals surface area (Å²) in [6.07, 6.45) is 4.74. The average Bonchev–Trinajstić information content (AvgIpc) is 2.63. The normalized spacial score (nSPS) is 11.2. The molecule has 1 aromatic heterocycles. The summed E-state index contributed by atoms with van der Waals surface area (Å²) in [5, 5.41) is 3.06. The van der Waals surface area contributed by atoms with Crippen LogP contribution >= 0.6 is 0 Å². The smallest absolute Gasteiger partial charge is 0.261 e. The van der Waals surface area contributed by atoms with Crippen LogP contribution in [0.5, 0.6) is 0 Å². The van der Waals surface area contributed by atoms with Crippen LogP contribution in [0.2, 0.25) is 0 Å². The van der Waals surface area contributed by atoms with Gasteiger partial charge >= 0.3 is 0 Å². The van der Waals surface area contributed by atoms with E-state index >= 15 is 0 Å². The summed E-state index contributed by atoms with van der Waals surface area (Å²) in [6, 6.07) is 13.9. The van der Waals surface area contributed by atoms with Crippen LogP contribution in [0, 0.1) is 0 Å². The number of nitrogens with one attached hydrogen (secondary N) is 2. The molecular weight excluding hydrogens is 336 g/mol. The van der Waals surface area contributed by atoms with E-state index in [4.69, 9.17) is 0 Å². The molecule has 0 unspecified atom stereocenters. The van der Waals surface area contributed by atoms with Crippen LogP contribution in [0.4, 0.5) is 5.69 Å². The molecule has 2 N–H and O–H groups in total. The number of sulfonamides is 1. The highest BCUT2D eigenvalue weighted by atomic mass is 32.2. The molecule has 128 valence electrons. The largest absolute Gasteiger partial charge is 0.316 e. The van der Waals surface area contributed by atoms with Gasteiger partial charge in [0.15, 0.2) is 0 Å². The van der Waals surface area contributed by atoms with Gasteiger partial charge < -0.3 is 5.32 Å². The van der Waals surface area contributed by atoms with Gasteiger partial charge in [-0.05, 0) is 30.8 Å². The summed E-state index contributed by atoms with van der Waals surface area (Å²) in [4.78, 5) is 8.24. The molecule has 0 bridgehead atoms. The Balaban J connectivity index is 2.05. The van der Waals surface area contributed by atoms with Gasteiger partial charge in [0, 0.05) is 30.1 Å². The predicted octanol–water partition coefficient (Wildman–Crippen LogP) is 2.66. The highest BCUT2D eigenvalue weighted by molar-refractivity contribution is 7.92. The molecular formula is C18H18N4O2S. The predicted molar refractivity (Wildman–Crippen MR) is 97.5 cm³/mol. The lowest BCUT2D eigenvalue weighted by molar-refractivity contribution is 0.601. The van der Waals surface area contributed by atoms with Crippen molar-refractivity contribution < 1.29 is 8.42 Å². The van der Waals surface area contributed by atoms with Crippen LogP contribution in [0.15, 0.2) is 72.1 Å². The number of hydrogen-bond acceptors (Lipinski definition) is 5. The maximum Gasteiger partial charge on any atom is 0.261 e. The van der Waals surface area contributed by atoms with Crippen molar-refractivity contribution >= 4 is 15.7 Å². The molecule has 0 aliphatic heterocycles. The molecule has 0 amide bonds. The fourth-order valence-electron chi connectivity index (χ4n) is 2.48. The van der Waals surface area contributed by atoms with Crippen molar-refractivity contribution in [1.82, 2.24) is 15.3 Å². The quantitative estimate of drug-likeness (QED) is 0.711. The third kappa shape index (κ3) is 4.01. The number of nitrogens with zero attached hydrogens (tertiary/aromatic N) is 2. The van der Waals surface area contributed by atoms with Crippen LogP contribution in [0.1, 0.15) is 5.56 Å². The molecule has 0 atom stereocenters. The van der Waals surface area contributed by atoms with Crippen molar-refractivity contribution in [3.63, 3.8) is 0 Å². The van der Waals surface area contributed by atoms with Crippen molar-refractivity contribution in [3.05, 3.63) is 72.8 Å². The minimum atomic E-state index is -3.69. The minimum Gasteiger partial charge on any atom is -0.316 e. The standard InChI is InChI=1S/C18H18N4O2S/c1-19-10-14-7-8-17(15-11-20-13-21-12-15)18(9-14)22-25(23,24)16-5-3-2-4-6-16/h2-9,11-13,19,22H,10H2,1H3. The first-order valence-corrected chi connectivity index (χ1v) is 9.19. The molecule has 2 aromatic carbocycles. The summed E-state index contributed by atoms with van der Waals surface area (Å²) >= 11 is 0. The Labute approximate surface area is 147 Å². The van der Waals surface area contributed by atoms with Crippen molar-refractivity contribution in [2.45, 2.75) is 11.4 Å². The highest BCUT2D eigenvalue weighted by Crippen LogP contribution is 2.30. The zero-order chi connectivity index (χ0) is 17.7. The second kappa shape index (κ2) is 7.42. The average molecular weight is 354 g/mol. The summed E-state index contributed by atoms with van der Waals surface area (Å²) in [5.41, 5.74) is 2.92. The van der Waals surface area contributed by atoms with E-state index in [9.17, 15) is 8.42 Å². The molecule has 6 nitrogen and oxygen atoms in total. The Morgan fingerprint density at radius 3 is 2.40 bits per heavy atom. The van der Waals surface area contributed by atoms with E-state index in [-0.39, 0.29) is 4.90 Å². The van der Waals surface area contributed by atoms with Crippen LogP contribution in [0.25, 0.3) is 11.1 Å². The summed E-state index contributed by atoms with van der Waals surface area (Å²) in [5.74, 6) is 0. The van der Waals surface area contributed by atoms with E-state index < -0.39 is 10.0 Å². The first kappa shape index (κ1) is 17.1. The second-order valence-electron chi connectivity index (χ2n) is 5.46. The summed E-state index contributed by atoms with van der Waals surface area (Å²) in [6.45, 7) is 0.631. The van der Waals surface area contributed by atoms with E-state index in [2.05, 4.69) is 20.0 Å². The lowest BCUT2D eigenvalue weighted by atomic mass is 10.0. The number of hydrogen-bond donors (Lipinski definition) is 2. The number of anilines is 1. The molecule has 0 saturated carbocycles. The first-order valence-electron chi connectivity index (χ1n) is 7.71. The zero-order valence-corrected chi connectivity index (χ0v) is 14.5. The summed E-state index contributed by atoms with van der Waals surface area (Å²) < 4.78 is 28.1. The zero-order valence-electron chi connectivity index (χ0n) is 13.7. The van der Waals surface area contributed by atoms with Crippen molar-refractivity contribution in [2.75, 3.05) is 11.8 Å². The van der Waals surface area contributed by atoms with Gasteiger partial charge in [0.25, 0.3) is 10.0 Å². The van der Waals surface area contributed by atoms with E-state index in [1.165, 1.54) is 6.33 Å². The lowest BCUT2D eigenvalue weighted by Crippen LogP contribution is -2.14. The van der Waals surface area contributed by atoms with E-state index in [1.807, 2.05) is 25.2 Å². The number of aromatic nitrogens is 2. The van der Waals surface area contributed by atoms with Gasteiger partial charge in [0.05, 0.1) is 10.6 Å². The Bertz CT molecular complexity index is 945. The van der Waals surface area contributed by atoms with Crippen molar-refractivity contribution in [3.8, 4) is 11.1 Å². The molecule has 7 heteroatoms. The van der Waals surface area contributed by atoms with Gasteiger partial charge in [-0.1, -0.05) is 30.3 Å². The molecule has 0 spiro atoms. The van der Waals surface area contributed by atoms with Gasteiger partial charge in [-0.15, -0.1) is 0 Å². The van der Waals surface area contributed by atoms with E-state index in [0.29, 0.717) is 12.2 Å². The Morgan fingerprint density at radius 1 is 1.00 bits per heavy atom. The SMILES string of the molecule is CNCc1ccc(-c2cncnc2)c(NS(=O)(=O)c2ccccc2)c1.